The first-order valence-electron chi connectivity index (χ1n) is 10.8. The van der Waals surface area contributed by atoms with Crippen molar-refractivity contribution < 1.29 is 34.8 Å². The van der Waals surface area contributed by atoms with Crippen molar-refractivity contribution in [3.63, 3.8) is 0 Å². The van der Waals surface area contributed by atoms with Gasteiger partial charge in [-0.2, -0.15) is 0 Å². The van der Waals surface area contributed by atoms with E-state index in [-0.39, 0.29) is 24.8 Å². The lowest BCUT2D eigenvalue weighted by atomic mass is 9.92. The van der Waals surface area contributed by atoms with Crippen molar-refractivity contribution >= 4 is 24.0 Å². The minimum Gasteiger partial charge on any atom is -0.400 e. The van der Waals surface area contributed by atoms with Crippen molar-refractivity contribution in [2.75, 3.05) is 27.8 Å². The molecule has 1 aliphatic heterocycles. The van der Waals surface area contributed by atoms with Gasteiger partial charge in [0.2, 0.25) is 0 Å². The first-order valence-corrected chi connectivity index (χ1v) is 10.8. The molecule has 0 bridgehead atoms. The van der Waals surface area contributed by atoms with Gasteiger partial charge in [0.25, 0.3) is 11.8 Å². The van der Waals surface area contributed by atoms with Gasteiger partial charge in [0.15, 0.2) is 0 Å². The fourth-order valence-electron chi connectivity index (χ4n) is 3.68. The molecule has 0 radical (unpaired) electrons. The molecule has 34 heavy (non-hydrogen) atoms. The molecule has 3 unspecified atom stereocenters. The van der Waals surface area contributed by atoms with Crippen LogP contribution in [0.4, 0.5) is 0 Å². The predicted octanol–water partition coefficient (Wildman–Crippen LogP) is 0.729. The summed E-state index contributed by atoms with van der Waals surface area (Å²) in [6.45, 7) is -0.241. The van der Waals surface area contributed by atoms with Crippen LogP contribution in [-0.2, 0) is 4.74 Å². The maximum absolute atomic E-state index is 12.1. The first-order chi connectivity index (χ1) is 16.4. The van der Waals surface area contributed by atoms with Crippen LogP contribution in [0.5, 0.6) is 0 Å². The molecule has 1 aliphatic rings. The number of carbonyl (C=O) groups excluding carboxylic acids is 2. The molecule has 4 atom stereocenters. The quantitative estimate of drug-likeness (QED) is 0.340. The lowest BCUT2D eigenvalue weighted by Gasteiger charge is -2.36. The van der Waals surface area contributed by atoms with Crippen LogP contribution in [0.25, 0.3) is 12.2 Å². The highest BCUT2D eigenvalue weighted by Crippen LogP contribution is 2.32. The molecular formula is C25H32N2O7. The molecule has 9 heteroatoms. The number of aliphatic hydroxyl groups excluding tert-OH is 4. The third kappa shape index (κ3) is 6.72. The molecule has 2 amide bonds. The fourth-order valence-corrected chi connectivity index (χ4v) is 3.68. The highest BCUT2D eigenvalue weighted by Gasteiger charge is 2.37. The molecule has 6 N–H and O–H groups in total. The lowest BCUT2D eigenvalue weighted by molar-refractivity contribution is -0.179. The second-order valence-electron chi connectivity index (χ2n) is 7.66. The van der Waals surface area contributed by atoms with Crippen LogP contribution >= 0.6 is 0 Å². The Balaban J connectivity index is 0.00000199. The SMILES string of the molecule is CNC(=O)c1cc(/C=C/c2cccc([C@H]3OC(CO)CC(O)C3O)c2)cc(C(=O)NC)c1.CO. The third-order valence-electron chi connectivity index (χ3n) is 5.39. The molecule has 0 spiro atoms. The number of amides is 2. The molecule has 1 heterocycles. The molecule has 1 fully saturated rings. The summed E-state index contributed by atoms with van der Waals surface area (Å²) < 4.78 is 5.76. The highest BCUT2D eigenvalue weighted by molar-refractivity contribution is 6.00. The van der Waals surface area contributed by atoms with Gasteiger partial charge in [-0.05, 0) is 41.0 Å². The van der Waals surface area contributed by atoms with Crippen molar-refractivity contribution in [2.45, 2.75) is 30.8 Å². The van der Waals surface area contributed by atoms with Crippen LogP contribution in [0.3, 0.4) is 0 Å². The minimum absolute atomic E-state index is 0.170. The molecule has 9 nitrogen and oxygen atoms in total. The largest absolute Gasteiger partial charge is 0.400 e. The molecular weight excluding hydrogens is 440 g/mol. The Morgan fingerprint density at radius 3 is 2.12 bits per heavy atom. The van der Waals surface area contributed by atoms with Crippen LogP contribution in [-0.4, -0.2) is 78.4 Å². The van der Waals surface area contributed by atoms with Gasteiger partial charge >= 0.3 is 0 Å². The molecule has 0 aliphatic carbocycles. The smallest absolute Gasteiger partial charge is 0.251 e. The summed E-state index contributed by atoms with van der Waals surface area (Å²) in [5, 5.41) is 42.0. The number of hydrogen-bond donors (Lipinski definition) is 6. The van der Waals surface area contributed by atoms with Crippen LogP contribution < -0.4 is 10.6 Å². The van der Waals surface area contributed by atoms with E-state index in [9.17, 15) is 24.9 Å². The van der Waals surface area contributed by atoms with Gasteiger partial charge in [0, 0.05) is 38.8 Å². The zero-order valence-corrected chi connectivity index (χ0v) is 19.4. The normalized spacial score (nSPS) is 22.0. The molecule has 0 aromatic heterocycles. The standard InChI is InChI=1S/C24H28N2O6.CH4O/c1-25-23(30)17-9-15(10-18(11-17)24(31)26-2)7-6-14-4-3-5-16(8-14)22-21(29)20(28)12-19(13-27)32-22;1-2/h3-11,19-22,27-29H,12-13H2,1-2H3,(H,25,30)(H,26,31);2H,1H3/b7-6+;/t19?,20?,21?,22-;/m1./s1. The van der Waals surface area contributed by atoms with E-state index < -0.39 is 24.4 Å². The lowest BCUT2D eigenvalue weighted by Crippen LogP contribution is -2.44. The number of ether oxygens (including phenoxy) is 1. The second kappa shape index (κ2) is 13.0. The summed E-state index contributed by atoms with van der Waals surface area (Å²) in [6.07, 6.45) is 0.366. The Morgan fingerprint density at radius 2 is 1.56 bits per heavy atom. The number of hydrogen-bond acceptors (Lipinski definition) is 7. The van der Waals surface area contributed by atoms with Gasteiger partial charge in [0.1, 0.15) is 12.2 Å². The Bertz CT molecular complexity index is 974. The molecule has 184 valence electrons. The Kier molecular flexibility index (Phi) is 10.4. The van der Waals surface area contributed by atoms with E-state index in [1.165, 1.54) is 20.2 Å². The summed E-state index contributed by atoms with van der Waals surface area (Å²) in [5.41, 5.74) is 2.86. The van der Waals surface area contributed by atoms with Gasteiger partial charge < -0.3 is 35.8 Å². The van der Waals surface area contributed by atoms with Crippen molar-refractivity contribution in [1.29, 1.82) is 0 Å². The average molecular weight is 473 g/mol. The summed E-state index contributed by atoms with van der Waals surface area (Å²) in [6, 6.07) is 12.2. The third-order valence-corrected chi connectivity index (χ3v) is 5.39. The number of benzene rings is 2. The van der Waals surface area contributed by atoms with Gasteiger partial charge in [-0.15, -0.1) is 0 Å². The summed E-state index contributed by atoms with van der Waals surface area (Å²) in [5.74, 6) is -0.597. The topological polar surface area (TPSA) is 148 Å². The van der Waals surface area contributed by atoms with E-state index in [1.54, 1.807) is 30.3 Å². The van der Waals surface area contributed by atoms with Crippen LogP contribution in [0.2, 0.25) is 0 Å². The molecule has 2 aromatic carbocycles. The summed E-state index contributed by atoms with van der Waals surface area (Å²) in [4.78, 5) is 24.2. The van der Waals surface area contributed by atoms with Crippen molar-refractivity contribution in [3.8, 4) is 0 Å². The van der Waals surface area contributed by atoms with Crippen LogP contribution in [0.15, 0.2) is 42.5 Å². The Hall–Kier alpha value is -3.08. The van der Waals surface area contributed by atoms with Gasteiger partial charge in [-0.25, -0.2) is 0 Å². The Labute approximate surface area is 198 Å². The highest BCUT2D eigenvalue weighted by atomic mass is 16.5. The fraction of sp³-hybridized carbons (Fsp3) is 0.360. The maximum Gasteiger partial charge on any atom is 0.251 e. The van der Waals surface area contributed by atoms with E-state index in [1.807, 2.05) is 18.2 Å². The molecule has 2 aromatic rings. The minimum atomic E-state index is -1.10. The van der Waals surface area contributed by atoms with Crippen LogP contribution in [0.1, 0.15) is 49.9 Å². The summed E-state index contributed by atoms with van der Waals surface area (Å²) >= 11 is 0. The van der Waals surface area contributed by atoms with Crippen molar-refractivity contribution in [1.82, 2.24) is 10.6 Å². The number of carbonyl (C=O) groups is 2. The van der Waals surface area contributed by atoms with Gasteiger partial charge in [-0.1, -0.05) is 30.4 Å². The van der Waals surface area contributed by atoms with Gasteiger partial charge in [0.05, 0.1) is 18.8 Å². The number of nitrogens with one attached hydrogen (secondary N) is 2. The van der Waals surface area contributed by atoms with E-state index >= 15 is 0 Å². The number of rotatable bonds is 6. The Morgan fingerprint density at radius 1 is 0.971 bits per heavy atom. The van der Waals surface area contributed by atoms with Crippen molar-refractivity contribution in [2.24, 2.45) is 0 Å². The first kappa shape index (κ1) is 27.2. The second-order valence-corrected chi connectivity index (χ2v) is 7.66. The average Bonchev–Trinajstić information content (AvgIpc) is 2.89. The zero-order chi connectivity index (χ0) is 25.3. The number of aliphatic hydroxyl groups is 4. The maximum atomic E-state index is 12.1. The molecule has 1 saturated heterocycles. The monoisotopic (exact) mass is 472 g/mol. The molecule has 0 saturated carbocycles. The van der Waals surface area contributed by atoms with E-state index in [4.69, 9.17) is 9.84 Å². The van der Waals surface area contributed by atoms with Crippen molar-refractivity contribution in [3.05, 3.63) is 70.3 Å². The predicted molar refractivity (Wildman–Crippen MR) is 128 cm³/mol. The van der Waals surface area contributed by atoms with Crippen LogP contribution in [0, 0.1) is 0 Å². The zero-order valence-electron chi connectivity index (χ0n) is 19.4. The van der Waals surface area contributed by atoms with Gasteiger partial charge in [-0.3, -0.25) is 9.59 Å². The van der Waals surface area contributed by atoms with E-state index in [2.05, 4.69) is 10.6 Å². The molecule has 3 rings (SSSR count). The van der Waals surface area contributed by atoms with E-state index in [0.29, 0.717) is 22.3 Å². The van der Waals surface area contributed by atoms with E-state index in [0.717, 1.165) is 12.7 Å². The summed E-state index contributed by atoms with van der Waals surface area (Å²) in [7, 11) is 4.05.